The maximum absolute atomic E-state index is 10.4. The number of rotatable bonds is 4. The van der Waals surface area contributed by atoms with Gasteiger partial charge in [0.25, 0.3) is 0 Å². The van der Waals surface area contributed by atoms with Crippen molar-refractivity contribution in [3.63, 3.8) is 0 Å². The van der Waals surface area contributed by atoms with E-state index >= 15 is 0 Å². The van der Waals surface area contributed by atoms with E-state index in [0.717, 1.165) is 5.56 Å². The van der Waals surface area contributed by atoms with Crippen LogP contribution in [0.4, 0.5) is 5.88 Å². The highest BCUT2D eigenvalue weighted by Crippen LogP contribution is 2.23. The average molecular weight is 238 g/mol. The molecule has 2 N–H and O–H groups in total. The number of nitro groups is 1. The molecule has 0 aromatic carbocycles. The fourth-order valence-corrected chi connectivity index (χ4v) is 2.08. The van der Waals surface area contributed by atoms with Gasteiger partial charge in [0.1, 0.15) is 10.7 Å². The molecule has 1 unspecified atom stereocenters. The van der Waals surface area contributed by atoms with Crippen molar-refractivity contribution in [3.05, 3.63) is 50.4 Å². The molecule has 0 fully saturated rings. The van der Waals surface area contributed by atoms with E-state index in [1.165, 1.54) is 6.07 Å². The molecule has 0 spiro atoms. The zero-order valence-electron chi connectivity index (χ0n) is 8.33. The van der Waals surface area contributed by atoms with Crippen molar-refractivity contribution in [2.75, 3.05) is 0 Å². The number of thiophene rings is 1. The molecule has 2 aromatic rings. The molecular formula is C10H10N2O3S. The number of nitrogens with zero attached hydrogens (tertiary/aromatic N) is 1. The van der Waals surface area contributed by atoms with E-state index in [9.17, 15) is 10.1 Å². The van der Waals surface area contributed by atoms with Crippen molar-refractivity contribution in [1.29, 1.82) is 0 Å². The van der Waals surface area contributed by atoms with Crippen LogP contribution in [0.15, 0.2) is 33.4 Å². The summed E-state index contributed by atoms with van der Waals surface area (Å²) in [4.78, 5) is 9.86. The minimum atomic E-state index is -0.569. The summed E-state index contributed by atoms with van der Waals surface area (Å²) in [5.41, 5.74) is 7.00. The largest absolute Gasteiger partial charge is 0.433 e. The second kappa shape index (κ2) is 4.46. The van der Waals surface area contributed by atoms with E-state index < -0.39 is 4.92 Å². The molecule has 2 aromatic heterocycles. The van der Waals surface area contributed by atoms with Crippen LogP contribution in [0.25, 0.3) is 0 Å². The lowest BCUT2D eigenvalue weighted by Crippen LogP contribution is -2.11. The monoisotopic (exact) mass is 238 g/mol. The van der Waals surface area contributed by atoms with Crippen LogP contribution in [0, 0.1) is 10.1 Å². The van der Waals surface area contributed by atoms with Crippen molar-refractivity contribution in [1.82, 2.24) is 0 Å². The van der Waals surface area contributed by atoms with Gasteiger partial charge < -0.3 is 10.2 Å². The zero-order chi connectivity index (χ0) is 11.5. The van der Waals surface area contributed by atoms with E-state index in [0.29, 0.717) is 12.2 Å². The Labute approximate surface area is 95.6 Å². The quantitative estimate of drug-likeness (QED) is 0.655. The first kappa shape index (κ1) is 10.8. The van der Waals surface area contributed by atoms with E-state index in [1.807, 2.05) is 16.8 Å². The van der Waals surface area contributed by atoms with E-state index in [4.69, 9.17) is 10.2 Å². The zero-order valence-corrected chi connectivity index (χ0v) is 9.15. The van der Waals surface area contributed by atoms with Crippen molar-refractivity contribution >= 4 is 17.2 Å². The molecular weight excluding hydrogens is 228 g/mol. The fourth-order valence-electron chi connectivity index (χ4n) is 1.40. The Bertz CT molecular complexity index is 478. The van der Waals surface area contributed by atoms with E-state index in [2.05, 4.69) is 0 Å². The smallest absolute Gasteiger partial charge is 0.404 e. The van der Waals surface area contributed by atoms with Gasteiger partial charge in [-0.2, -0.15) is 11.3 Å². The van der Waals surface area contributed by atoms with Crippen LogP contribution in [-0.4, -0.2) is 4.92 Å². The Morgan fingerprint density at radius 1 is 1.50 bits per heavy atom. The first-order valence-electron chi connectivity index (χ1n) is 4.67. The van der Waals surface area contributed by atoms with Crippen molar-refractivity contribution in [3.8, 4) is 0 Å². The maximum Gasteiger partial charge on any atom is 0.433 e. The van der Waals surface area contributed by atoms with Gasteiger partial charge in [-0.05, 0) is 34.9 Å². The molecule has 0 aliphatic heterocycles. The van der Waals surface area contributed by atoms with Gasteiger partial charge in [0, 0.05) is 0 Å². The lowest BCUT2D eigenvalue weighted by atomic mass is 10.1. The van der Waals surface area contributed by atoms with Gasteiger partial charge >= 0.3 is 5.88 Å². The molecule has 5 nitrogen and oxygen atoms in total. The first-order chi connectivity index (χ1) is 7.66. The third-order valence-corrected chi connectivity index (χ3v) is 2.93. The van der Waals surface area contributed by atoms with Crippen LogP contribution in [0.2, 0.25) is 0 Å². The number of hydrogen-bond donors (Lipinski definition) is 1. The van der Waals surface area contributed by atoms with Crippen LogP contribution in [0.1, 0.15) is 17.4 Å². The SMILES string of the molecule is NC(Cc1ccsc1)c1ccc([N+](=O)[O-])o1. The molecule has 0 aliphatic carbocycles. The van der Waals surface area contributed by atoms with Crippen molar-refractivity contribution in [2.24, 2.45) is 5.73 Å². The van der Waals surface area contributed by atoms with Crippen molar-refractivity contribution in [2.45, 2.75) is 12.5 Å². The lowest BCUT2D eigenvalue weighted by molar-refractivity contribution is -0.402. The van der Waals surface area contributed by atoms with Crippen LogP contribution >= 0.6 is 11.3 Å². The standard InChI is InChI=1S/C10H10N2O3S/c11-8(5-7-3-4-16-6-7)9-1-2-10(15-9)12(13)14/h1-4,6,8H,5,11H2. The fraction of sp³-hybridized carbons (Fsp3) is 0.200. The molecule has 2 rings (SSSR count). The Morgan fingerprint density at radius 3 is 2.88 bits per heavy atom. The third kappa shape index (κ3) is 2.29. The number of hydrogen-bond acceptors (Lipinski definition) is 5. The molecule has 6 heteroatoms. The minimum absolute atomic E-state index is 0.268. The first-order valence-corrected chi connectivity index (χ1v) is 5.62. The van der Waals surface area contributed by atoms with Gasteiger partial charge in [0.2, 0.25) is 0 Å². The van der Waals surface area contributed by atoms with E-state index in [-0.39, 0.29) is 11.9 Å². The summed E-state index contributed by atoms with van der Waals surface area (Å²) in [6.07, 6.45) is 0.619. The van der Waals surface area contributed by atoms with Crippen LogP contribution in [0.3, 0.4) is 0 Å². The molecule has 16 heavy (non-hydrogen) atoms. The Kier molecular flexibility index (Phi) is 3.02. The summed E-state index contributed by atoms with van der Waals surface area (Å²) >= 11 is 1.59. The summed E-state index contributed by atoms with van der Waals surface area (Å²) in [6, 6.07) is 4.50. The lowest BCUT2D eigenvalue weighted by Gasteiger charge is -2.05. The molecule has 0 bridgehead atoms. The third-order valence-electron chi connectivity index (χ3n) is 2.19. The molecule has 0 saturated heterocycles. The molecule has 84 valence electrons. The Hall–Kier alpha value is -1.66. The normalized spacial score (nSPS) is 12.6. The van der Waals surface area contributed by atoms with Gasteiger partial charge in [-0.1, -0.05) is 0 Å². The van der Waals surface area contributed by atoms with E-state index in [1.54, 1.807) is 17.4 Å². The molecule has 0 amide bonds. The van der Waals surface area contributed by atoms with Crippen LogP contribution in [-0.2, 0) is 6.42 Å². The van der Waals surface area contributed by atoms with Crippen molar-refractivity contribution < 1.29 is 9.34 Å². The van der Waals surface area contributed by atoms with Crippen LogP contribution in [0.5, 0.6) is 0 Å². The summed E-state index contributed by atoms with van der Waals surface area (Å²) < 4.78 is 5.03. The number of nitrogens with two attached hydrogens (primary N) is 1. The average Bonchev–Trinajstić information content (AvgIpc) is 2.86. The van der Waals surface area contributed by atoms with Gasteiger partial charge in [-0.15, -0.1) is 0 Å². The second-order valence-electron chi connectivity index (χ2n) is 3.38. The predicted molar refractivity (Wildman–Crippen MR) is 60.3 cm³/mol. The highest BCUT2D eigenvalue weighted by atomic mass is 32.1. The molecule has 0 radical (unpaired) electrons. The highest BCUT2D eigenvalue weighted by Gasteiger charge is 2.17. The van der Waals surface area contributed by atoms with Gasteiger partial charge in [-0.25, -0.2) is 0 Å². The second-order valence-corrected chi connectivity index (χ2v) is 4.16. The Balaban J connectivity index is 2.08. The van der Waals surface area contributed by atoms with Gasteiger partial charge in [-0.3, -0.25) is 10.1 Å². The summed E-state index contributed by atoms with van der Waals surface area (Å²) in [6.45, 7) is 0. The highest BCUT2D eigenvalue weighted by molar-refractivity contribution is 7.07. The van der Waals surface area contributed by atoms with Gasteiger partial charge in [0.05, 0.1) is 12.1 Å². The minimum Gasteiger partial charge on any atom is -0.404 e. The maximum atomic E-state index is 10.4. The molecule has 1 atom stereocenters. The Morgan fingerprint density at radius 2 is 2.31 bits per heavy atom. The summed E-state index contributed by atoms with van der Waals surface area (Å²) in [7, 11) is 0. The number of furan rings is 1. The van der Waals surface area contributed by atoms with Crippen LogP contribution < -0.4 is 5.73 Å². The van der Waals surface area contributed by atoms with Gasteiger partial charge in [0.15, 0.2) is 0 Å². The molecule has 0 saturated carbocycles. The topological polar surface area (TPSA) is 82.3 Å². The predicted octanol–water partition coefficient (Wildman–Crippen LogP) is 2.49. The summed E-state index contributed by atoms with van der Waals surface area (Å²) in [5.74, 6) is 0.175. The molecule has 2 heterocycles. The summed E-state index contributed by atoms with van der Waals surface area (Å²) in [5, 5.41) is 14.4. The molecule has 0 aliphatic rings.